The number of urea groups is 1. The molecular weight excluding hydrogens is 435 g/mol. The van der Waals surface area contributed by atoms with Gasteiger partial charge < -0.3 is 24.4 Å². The third kappa shape index (κ3) is 5.28. The second-order valence-electron chi connectivity index (χ2n) is 8.20. The summed E-state index contributed by atoms with van der Waals surface area (Å²) in [4.78, 5) is 29.5. The topological polar surface area (TPSA) is 66.8 Å². The van der Waals surface area contributed by atoms with Crippen molar-refractivity contribution in [3.8, 4) is 0 Å². The number of hydrogen-bond acceptors (Lipinski definition) is 3. The maximum Gasteiger partial charge on any atom is 0.318 e. The van der Waals surface area contributed by atoms with Crippen molar-refractivity contribution in [3.05, 3.63) is 95.6 Å². The number of nitrogens with one attached hydrogen (secondary N) is 1. The van der Waals surface area contributed by atoms with Crippen molar-refractivity contribution < 1.29 is 18.7 Å². The first-order chi connectivity index (χ1) is 16.6. The van der Waals surface area contributed by atoms with Crippen molar-refractivity contribution in [2.24, 2.45) is 0 Å². The Morgan fingerprint density at radius 3 is 2.59 bits per heavy atom. The van der Waals surface area contributed by atoms with Gasteiger partial charge in [-0.2, -0.15) is 0 Å². The largest absolute Gasteiger partial charge is 0.383 e. The van der Waals surface area contributed by atoms with Gasteiger partial charge in [0.15, 0.2) is 0 Å². The number of rotatable bonds is 8. The van der Waals surface area contributed by atoms with Crippen molar-refractivity contribution >= 4 is 11.9 Å². The van der Waals surface area contributed by atoms with Gasteiger partial charge in [-0.1, -0.05) is 48.5 Å². The molecule has 1 atom stereocenters. The third-order valence-corrected chi connectivity index (χ3v) is 6.02. The van der Waals surface area contributed by atoms with Crippen LogP contribution in [0.25, 0.3) is 0 Å². The molecule has 4 rings (SSSR count). The minimum absolute atomic E-state index is 0.129. The number of methoxy groups -OCH3 is 1. The number of carbonyl (C=O) groups excluding carboxylic acids is 2. The predicted molar refractivity (Wildman–Crippen MR) is 127 cm³/mol. The number of ether oxygens (including phenoxy) is 1. The number of fused-ring (bicyclic) bond motifs is 1. The summed E-state index contributed by atoms with van der Waals surface area (Å²) in [6.07, 6.45) is 1.94. The molecule has 1 aromatic heterocycles. The van der Waals surface area contributed by atoms with Crippen molar-refractivity contribution in [2.45, 2.75) is 19.1 Å². The summed E-state index contributed by atoms with van der Waals surface area (Å²) < 4.78 is 22.0. The molecule has 178 valence electrons. The zero-order valence-electron chi connectivity index (χ0n) is 19.2. The van der Waals surface area contributed by atoms with Crippen molar-refractivity contribution in [1.29, 1.82) is 0 Å². The van der Waals surface area contributed by atoms with Gasteiger partial charge in [-0.15, -0.1) is 0 Å². The lowest BCUT2D eigenvalue weighted by Crippen LogP contribution is -2.50. The zero-order chi connectivity index (χ0) is 23.9. The maximum atomic E-state index is 14.8. The van der Waals surface area contributed by atoms with Gasteiger partial charge in [0.25, 0.3) is 0 Å². The second kappa shape index (κ2) is 11.0. The molecular formula is C26H29FN4O3. The van der Waals surface area contributed by atoms with E-state index in [1.54, 1.807) is 30.2 Å². The lowest BCUT2D eigenvalue weighted by Gasteiger charge is -2.38. The molecule has 1 aliphatic rings. The van der Waals surface area contributed by atoms with E-state index in [2.05, 4.69) is 5.32 Å². The first-order valence-electron chi connectivity index (χ1n) is 11.3. The van der Waals surface area contributed by atoms with Gasteiger partial charge in [-0.05, 0) is 23.8 Å². The quantitative estimate of drug-likeness (QED) is 0.556. The van der Waals surface area contributed by atoms with Crippen LogP contribution in [0.15, 0.2) is 72.9 Å². The third-order valence-electron chi connectivity index (χ3n) is 6.02. The highest BCUT2D eigenvalue weighted by molar-refractivity contribution is 5.84. The summed E-state index contributed by atoms with van der Waals surface area (Å²) in [6, 6.07) is 19.0. The van der Waals surface area contributed by atoms with E-state index in [9.17, 15) is 14.0 Å². The molecule has 0 saturated carbocycles. The number of amides is 3. The standard InChI is InChI=1S/C26H29FN4O3/c1-34-17-16-30(26(33)28-18-20-8-3-2-4-9-20)19-24(32)31-15-14-29-13-7-12-23(29)25(31)21-10-5-6-11-22(21)27/h2-13,25H,14-19H2,1H3,(H,28,33)/t25-/m0/s1. The van der Waals surface area contributed by atoms with Gasteiger partial charge in [0, 0.05) is 50.7 Å². The molecule has 0 bridgehead atoms. The molecule has 3 amide bonds. The molecule has 0 aliphatic carbocycles. The molecule has 7 nitrogen and oxygen atoms in total. The van der Waals surface area contributed by atoms with Crippen molar-refractivity contribution in [2.75, 3.05) is 33.4 Å². The van der Waals surface area contributed by atoms with Crippen LogP contribution in [0, 0.1) is 5.82 Å². The molecule has 0 saturated heterocycles. The smallest absolute Gasteiger partial charge is 0.318 e. The Labute approximate surface area is 198 Å². The molecule has 0 radical (unpaired) electrons. The normalized spacial score (nSPS) is 15.0. The Kier molecular flexibility index (Phi) is 7.59. The van der Waals surface area contributed by atoms with Crippen LogP contribution in [0.4, 0.5) is 9.18 Å². The van der Waals surface area contributed by atoms with Gasteiger partial charge in [0.1, 0.15) is 18.4 Å². The SMILES string of the molecule is COCCN(CC(=O)N1CCn2cccc2[C@@H]1c1ccccc1F)C(=O)NCc1ccccc1. The summed E-state index contributed by atoms with van der Waals surface area (Å²) in [7, 11) is 1.55. The number of halogens is 1. The molecule has 2 heterocycles. The number of carbonyl (C=O) groups is 2. The van der Waals surface area contributed by atoms with E-state index in [0.29, 0.717) is 31.8 Å². The Morgan fingerprint density at radius 2 is 1.82 bits per heavy atom. The average Bonchev–Trinajstić information content (AvgIpc) is 3.34. The molecule has 1 N–H and O–H groups in total. The van der Waals surface area contributed by atoms with Crippen LogP contribution in [0.3, 0.4) is 0 Å². The fourth-order valence-electron chi connectivity index (χ4n) is 4.27. The monoisotopic (exact) mass is 464 g/mol. The summed E-state index contributed by atoms with van der Waals surface area (Å²) in [6.45, 7) is 1.81. The van der Waals surface area contributed by atoms with Gasteiger partial charge in [-0.25, -0.2) is 9.18 Å². The lowest BCUT2D eigenvalue weighted by molar-refractivity contribution is -0.134. The summed E-state index contributed by atoms with van der Waals surface area (Å²) >= 11 is 0. The van der Waals surface area contributed by atoms with E-state index in [4.69, 9.17) is 4.74 Å². The van der Waals surface area contributed by atoms with Crippen LogP contribution in [0.5, 0.6) is 0 Å². The van der Waals surface area contributed by atoms with E-state index in [0.717, 1.165) is 11.3 Å². The lowest BCUT2D eigenvalue weighted by atomic mass is 9.99. The Balaban J connectivity index is 1.52. The van der Waals surface area contributed by atoms with Crippen LogP contribution in [-0.2, 0) is 22.6 Å². The van der Waals surface area contributed by atoms with Crippen LogP contribution >= 0.6 is 0 Å². The van der Waals surface area contributed by atoms with Crippen LogP contribution in [0.2, 0.25) is 0 Å². The Hall–Kier alpha value is -3.65. The van der Waals surface area contributed by atoms with E-state index >= 15 is 0 Å². The molecule has 2 aromatic carbocycles. The zero-order valence-corrected chi connectivity index (χ0v) is 19.2. The molecule has 0 unspecified atom stereocenters. The van der Waals surface area contributed by atoms with Crippen LogP contribution in [-0.4, -0.2) is 59.7 Å². The first kappa shape index (κ1) is 23.5. The van der Waals surface area contributed by atoms with Crippen LogP contribution in [0.1, 0.15) is 22.9 Å². The van der Waals surface area contributed by atoms with Gasteiger partial charge in [0.05, 0.1) is 6.61 Å². The number of aromatic nitrogens is 1. The highest BCUT2D eigenvalue weighted by atomic mass is 19.1. The number of benzene rings is 2. The van der Waals surface area contributed by atoms with Gasteiger partial charge in [-0.3, -0.25) is 4.79 Å². The predicted octanol–water partition coefficient (Wildman–Crippen LogP) is 3.42. The molecule has 3 aromatic rings. The number of hydrogen-bond donors (Lipinski definition) is 1. The second-order valence-corrected chi connectivity index (χ2v) is 8.20. The van der Waals surface area contributed by atoms with Crippen molar-refractivity contribution in [1.82, 2.24) is 19.7 Å². The van der Waals surface area contributed by atoms with Crippen molar-refractivity contribution in [3.63, 3.8) is 0 Å². The summed E-state index contributed by atoms with van der Waals surface area (Å²) in [5.74, 6) is -0.608. The Bertz CT molecular complexity index is 1120. The first-order valence-corrected chi connectivity index (χ1v) is 11.3. The van der Waals surface area contributed by atoms with E-state index in [1.165, 1.54) is 11.0 Å². The molecule has 0 spiro atoms. The molecule has 0 fully saturated rings. The van der Waals surface area contributed by atoms with E-state index in [-0.39, 0.29) is 30.8 Å². The summed E-state index contributed by atoms with van der Waals surface area (Å²) in [5, 5.41) is 2.88. The minimum Gasteiger partial charge on any atom is -0.383 e. The average molecular weight is 465 g/mol. The van der Waals surface area contributed by atoms with E-state index < -0.39 is 6.04 Å². The highest BCUT2D eigenvalue weighted by Crippen LogP contribution is 2.33. The fourth-order valence-corrected chi connectivity index (χ4v) is 4.27. The van der Waals surface area contributed by atoms with E-state index in [1.807, 2.05) is 53.2 Å². The minimum atomic E-state index is -0.561. The number of nitrogens with zero attached hydrogens (tertiary/aromatic N) is 3. The van der Waals surface area contributed by atoms with Gasteiger partial charge in [0.2, 0.25) is 5.91 Å². The highest BCUT2D eigenvalue weighted by Gasteiger charge is 2.34. The van der Waals surface area contributed by atoms with Crippen LogP contribution < -0.4 is 5.32 Å². The van der Waals surface area contributed by atoms with Gasteiger partial charge >= 0.3 is 6.03 Å². The summed E-state index contributed by atoms with van der Waals surface area (Å²) in [5.41, 5.74) is 2.25. The molecule has 1 aliphatic heterocycles. The molecule has 8 heteroatoms. The Morgan fingerprint density at radius 1 is 1.06 bits per heavy atom. The fraction of sp³-hybridized carbons (Fsp3) is 0.308. The molecule has 34 heavy (non-hydrogen) atoms. The maximum absolute atomic E-state index is 14.8.